The largest absolute Gasteiger partial charge is 0.317 e. The molecule has 0 saturated heterocycles. The van der Waals surface area contributed by atoms with Gasteiger partial charge in [0.25, 0.3) is 0 Å². The van der Waals surface area contributed by atoms with E-state index in [2.05, 4.69) is 94.8 Å². The summed E-state index contributed by atoms with van der Waals surface area (Å²) in [5, 5.41) is 0. The highest BCUT2D eigenvalue weighted by Gasteiger charge is 2.52. The molecule has 0 saturated carbocycles. The lowest BCUT2D eigenvalue weighted by Crippen LogP contribution is -2.53. The van der Waals surface area contributed by atoms with E-state index >= 15 is 0 Å². The van der Waals surface area contributed by atoms with Crippen LogP contribution in [0.5, 0.6) is 0 Å². The van der Waals surface area contributed by atoms with Crippen molar-refractivity contribution in [2.24, 2.45) is 11.1 Å². The first-order chi connectivity index (χ1) is 12.8. The summed E-state index contributed by atoms with van der Waals surface area (Å²) < 4.78 is 0. The molecule has 0 spiro atoms. The third kappa shape index (κ3) is 3.10. The van der Waals surface area contributed by atoms with E-state index in [4.69, 9.17) is 5.73 Å². The Bertz CT molecular complexity index is 923. The summed E-state index contributed by atoms with van der Waals surface area (Å²) >= 11 is 3.58. The Hall–Kier alpha value is -1.42. The highest BCUT2D eigenvalue weighted by molar-refractivity contribution is 8.03. The number of thioether (sulfide) groups is 2. The molecule has 3 rings (SSSR count). The van der Waals surface area contributed by atoms with Gasteiger partial charge in [-0.3, -0.25) is 0 Å². The van der Waals surface area contributed by atoms with Crippen LogP contribution in [0.4, 0.5) is 0 Å². The summed E-state index contributed by atoms with van der Waals surface area (Å²) in [6.07, 6.45) is 6.61. The molecule has 2 aromatic carbocycles. The molecule has 3 heteroatoms. The molecule has 0 bridgehead atoms. The van der Waals surface area contributed by atoms with Gasteiger partial charge in [-0.1, -0.05) is 62.4 Å². The van der Waals surface area contributed by atoms with Crippen molar-refractivity contribution in [3.8, 4) is 0 Å². The standard InChI is InChI=1S/C24H29NS2/c1-16-11-7-9-13-18(16)22-20(26-5)15-21(27-6)24(25,23(22,3)4)19-14-10-8-12-17(19)2/h7-15H,25H2,1-6H3. The van der Waals surface area contributed by atoms with Crippen LogP contribution in [0, 0.1) is 19.3 Å². The Kier molecular flexibility index (Phi) is 5.67. The molecule has 0 heterocycles. The lowest BCUT2D eigenvalue weighted by atomic mass is 9.60. The molecule has 0 amide bonds. The van der Waals surface area contributed by atoms with Crippen molar-refractivity contribution < 1.29 is 0 Å². The Morgan fingerprint density at radius 1 is 0.815 bits per heavy atom. The average Bonchev–Trinajstić information content (AvgIpc) is 2.65. The van der Waals surface area contributed by atoms with E-state index in [0.717, 1.165) is 0 Å². The highest BCUT2D eigenvalue weighted by atomic mass is 32.2. The lowest BCUT2D eigenvalue weighted by Gasteiger charge is -2.51. The third-order valence-electron chi connectivity index (χ3n) is 5.93. The van der Waals surface area contributed by atoms with Crippen LogP contribution in [0.15, 0.2) is 64.4 Å². The molecule has 1 unspecified atom stereocenters. The van der Waals surface area contributed by atoms with Crippen molar-refractivity contribution in [1.29, 1.82) is 0 Å². The average molecular weight is 396 g/mol. The smallest absolute Gasteiger partial charge is 0.0820 e. The van der Waals surface area contributed by atoms with Crippen LogP contribution >= 0.6 is 23.5 Å². The van der Waals surface area contributed by atoms with Gasteiger partial charge in [0.15, 0.2) is 0 Å². The SMILES string of the molecule is CSC1=CC(SC)=C(c2ccccc2C)C(C)(C)C1(N)c1ccccc1C. The summed E-state index contributed by atoms with van der Waals surface area (Å²) in [6.45, 7) is 8.97. The maximum Gasteiger partial charge on any atom is 0.0820 e. The fourth-order valence-corrected chi connectivity index (χ4v) is 6.11. The summed E-state index contributed by atoms with van der Waals surface area (Å²) in [7, 11) is 0. The molecule has 0 aromatic heterocycles. The first-order valence-electron chi connectivity index (χ1n) is 9.25. The predicted molar refractivity (Wildman–Crippen MR) is 124 cm³/mol. The minimum atomic E-state index is -0.575. The molecule has 1 atom stereocenters. The molecule has 0 aliphatic heterocycles. The summed E-state index contributed by atoms with van der Waals surface area (Å²) in [5.41, 5.74) is 12.9. The first kappa shape index (κ1) is 20.3. The van der Waals surface area contributed by atoms with Crippen molar-refractivity contribution in [1.82, 2.24) is 0 Å². The van der Waals surface area contributed by atoms with Crippen molar-refractivity contribution in [3.05, 3.63) is 86.7 Å². The van der Waals surface area contributed by atoms with E-state index in [0.29, 0.717) is 0 Å². The molecular weight excluding hydrogens is 366 g/mol. The van der Waals surface area contributed by atoms with Gasteiger partial charge in [0, 0.05) is 15.2 Å². The molecule has 2 N–H and O–H groups in total. The zero-order valence-corrected chi connectivity index (χ0v) is 18.7. The third-order valence-corrected chi connectivity index (χ3v) is 7.57. The molecule has 27 heavy (non-hydrogen) atoms. The topological polar surface area (TPSA) is 26.0 Å². The number of benzene rings is 2. The molecule has 0 radical (unpaired) electrons. The Morgan fingerprint density at radius 2 is 1.41 bits per heavy atom. The molecular formula is C24H29NS2. The number of aryl methyl sites for hydroxylation is 2. The maximum absolute atomic E-state index is 7.38. The molecule has 142 valence electrons. The van der Waals surface area contributed by atoms with Crippen molar-refractivity contribution in [2.45, 2.75) is 33.2 Å². The van der Waals surface area contributed by atoms with Gasteiger partial charge >= 0.3 is 0 Å². The molecule has 1 nitrogen and oxygen atoms in total. The van der Waals surface area contributed by atoms with Crippen LogP contribution in [0.3, 0.4) is 0 Å². The molecule has 2 aromatic rings. The second-order valence-electron chi connectivity index (χ2n) is 7.72. The quantitative estimate of drug-likeness (QED) is 0.638. The second-order valence-corrected chi connectivity index (χ2v) is 9.42. The zero-order chi connectivity index (χ0) is 19.8. The maximum atomic E-state index is 7.38. The summed E-state index contributed by atoms with van der Waals surface area (Å²) in [4.78, 5) is 2.54. The first-order valence-corrected chi connectivity index (χ1v) is 11.7. The van der Waals surface area contributed by atoms with Gasteiger partial charge in [-0.05, 0) is 60.3 Å². The van der Waals surface area contributed by atoms with Crippen LogP contribution in [0.1, 0.15) is 36.1 Å². The predicted octanol–water partition coefficient (Wildman–Crippen LogP) is 6.52. The van der Waals surface area contributed by atoms with Crippen LogP contribution < -0.4 is 5.73 Å². The minimum Gasteiger partial charge on any atom is -0.317 e. The number of allylic oxidation sites excluding steroid dienone is 1. The van der Waals surface area contributed by atoms with E-state index < -0.39 is 5.54 Å². The van der Waals surface area contributed by atoms with Gasteiger partial charge in [0.05, 0.1) is 5.54 Å². The number of rotatable bonds is 4. The van der Waals surface area contributed by atoms with Gasteiger partial charge in [0.2, 0.25) is 0 Å². The minimum absolute atomic E-state index is 0.267. The van der Waals surface area contributed by atoms with E-state index in [-0.39, 0.29) is 5.41 Å². The van der Waals surface area contributed by atoms with Gasteiger partial charge in [-0.2, -0.15) is 0 Å². The number of nitrogens with two attached hydrogens (primary N) is 1. The number of hydrogen-bond acceptors (Lipinski definition) is 3. The fourth-order valence-electron chi connectivity index (χ4n) is 4.31. The molecule has 1 aliphatic carbocycles. The Balaban J connectivity index is 2.37. The zero-order valence-electron chi connectivity index (χ0n) is 17.1. The van der Waals surface area contributed by atoms with Crippen molar-refractivity contribution in [3.63, 3.8) is 0 Å². The van der Waals surface area contributed by atoms with Crippen molar-refractivity contribution in [2.75, 3.05) is 12.5 Å². The van der Waals surface area contributed by atoms with Crippen LogP contribution in [0.25, 0.3) is 5.57 Å². The highest BCUT2D eigenvalue weighted by Crippen LogP contribution is 2.59. The van der Waals surface area contributed by atoms with Gasteiger partial charge < -0.3 is 5.73 Å². The normalized spacial score (nSPS) is 22.0. The van der Waals surface area contributed by atoms with E-state index in [1.165, 1.54) is 37.6 Å². The summed E-state index contributed by atoms with van der Waals surface area (Å²) in [5.74, 6) is 0. The van der Waals surface area contributed by atoms with E-state index in [9.17, 15) is 0 Å². The number of hydrogen-bond donors (Lipinski definition) is 1. The Morgan fingerprint density at radius 3 is 1.96 bits per heavy atom. The fraction of sp³-hybridized carbons (Fsp3) is 0.333. The Labute approximate surface area is 172 Å². The van der Waals surface area contributed by atoms with Crippen LogP contribution in [0.2, 0.25) is 0 Å². The van der Waals surface area contributed by atoms with Crippen LogP contribution in [-0.2, 0) is 5.54 Å². The summed E-state index contributed by atoms with van der Waals surface area (Å²) in [6, 6.07) is 17.2. The van der Waals surface area contributed by atoms with Gasteiger partial charge in [0.1, 0.15) is 0 Å². The lowest BCUT2D eigenvalue weighted by molar-refractivity contribution is 0.292. The van der Waals surface area contributed by atoms with Crippen LogP contribution in [-0.4, -0.2) is 12.5 Å². The second kappa shape index (κ2) is 7.54. The van der Waals surface area contributed by atoms with E-state index in [1.54, 1.807) is 11.8 Å². The van der Waals surface area contributed by atoms with E-state index in [1.807, 2.05) is 11.8 Å². The van der Waals surface area contributed by atoms with Gasteiger partial charge in [-0.25, -0.2) is 0 Å². The molecule has 1 aliphatic rings. The van der Waals surface area contributed by atoms with Crippen molar-refractivity contribution >= 4 is 29.1 Å². The van der Waals surface area contributed by atoms with Gasteiger partial charge in [-0.15, -0.1) is 23.5 Å². The molecule has 0 fully saturated rings. The monoisotopic (exact) mass is 395 g/mol.